The van der Waals surface area contributed by atoms with Gasteiger partial charge in [0.25, 0.3) is 0 Å². The van der Waals surface area contributed by atoms with E-state index >= 15 is 0 Å². The van der Waals surface area contributed by atoms with Gasteiger partial charge in [-0.1, -0.05) is 29.8 Å². The van der Waals surface area contributed by atoms with Crippen LogP contribution >= 0.6 is 22.9 Å². The molecule has 0 bridgehead atoms. The molecular weight excluding hydrogens is 228 g/mol. The van der Waals surface area contributed by atoms with Gasteiger partial charge in [0.1, 0.15) is 5.75 Å². The van der Waals surface area contributed by atoms with Crippen LogP contribution in [0.1, 0.15) is 4.88 Å². The molecule has 0 N–H and O–H groups in total. The van der Waals surface area contributed by atoms with Crippen LogP contribution in [-0.2, 0) is 6.42 Å². The highest BCUT2D eigenvalue weighted by atomic mass is 35.5. The van der Waals surface area contributed by atoms with Gasteiger partial charge in [0.15, 0.2) is 0 Å². The number of para-hydroxylation sites is 1. The highest BCUT2D eigenvalue weighted by Crippen LogP contribution is 2.23. The third-order valence-corrected chi connectivity index (χ3v) is 3.27. The molecule has 0 spiro atoms. The minimum atomic E-state index is 0.670. The van der Waals surface area contributed by atoms with Crippen molar-refractivity contribution in [1.82, 2.24) is 0 Å². The first-order valence-electron chi connectivity index (χ1n) is 4.76. The minimum absolute atomic E-state index is 0.670. The summed E-state index contributed by atoms with van der Waals surface area (Å²) in [6.07, 6.45) is 0.933. The predicted octanol–water partition coefficient (Wildman–Crippen LogP) is 4.02. The molecule has 2 rings (SSSR count). The second-order valence-corrected chi connectivity index (χ2v) is 4.55. The fourth-order valence-electron chi connectivity index (χ4n) is 1.28. The van der Waals surface area contributed by atoms with E-state index in [4.69, 9.17) is 16.3 Å². The monoisotopic (exact) mass is 238 g/mol. The van der Waals surface area contributed by atoms with E-state index in [9.17, 15) is 0 Å². The van der Waals surface area contributed by atoms with Crippen molar-refractivity contribution in [1.29, 1.82) is 0 Å². The van der Waals surface area contributed by atoms with Gasteiger partial charge in [-0.25, -0.2) is 0 Å². The summed E-state index contributed by atoms with van der Waals surface area (Å²) in [5, 5.41) is 2.74. The van der Waals surface area contributed by atoms with Gasteiger partial charge >= 0.3 is 0 Å². The zero-order valence-electron chi connectivity index (χ0n) is 8.15. The Balaban J connectivity index is 1.86. The lowest BCUT2D eigenvalue weighted by Gasteiger charge is -2.06. The lowest BCUT2D eigenvalue weighted by atomic mass is 10.3. The van der Waals surface area contributed by atoms with E-state index in [-0.39, 0.29) is 0 Å². The van der Waals surface area contributed by atoms with Crippen molar-refractivity contribution >= 4 is 22.9 Å². The molecule has 1 aromatic carbocycles. The molecule has 1 nitrogen and oxygen atoms in total. The smallest absolute Gasteiger partial charge is 0.137 e. The quantitative estimate of drug-likeness (QED) is 0.782. The van der Waals surface area contributed by atoms with Crippen molar-refractivity contribution < 1.29 is 4.74 Å². The Morgan fingerprint density at radius 3 is 2.73 bits per heavy atom. The van der Waals surface area contributed by atoms with Crippen LogP contribution < -0.4 is 4.74 Å². The molecule has 0 amide bonds. The molecule has 0 aliphatic heterocycles. The van der Waals surface area contributed by atoms with Crippen LogP contribution in [0.15, 0.2) is 41.8 Å². The summed E-state index contributed by atoms with van der Waals surface area (Å²) in [6.45, 7) is 0.671. The summed E-state index contributed by atoms with van der Waals surface area (Å²) in [4.78, 5) is 1.34. The number of halogens is 1. The van der Waals surface area contributed by atoms with Crippen LogP contribution in [-0.4, -0.2) is 6.61 Å². The number of rotatable bonds is 4. The topological polar surface area (TPSA) is 9.23 Å². The van der Waals surface area contributed by atoms with Crippen LogP contribution in [0, 0.1) is 0 Å². The lowest BCUT2D eigenvalue weighted by Crippen LogP contribution is -2.00. The summed E-state index contributed by atoms with van der Waals surface area (Å²) < 4.78 is 5.58. The van der Waals surface area contributed by atoms with Crippen LogP contribution in [0.5, 0.6) is 5.75 Å². The second kappa shape index (κ2) is 5.19. The molecule has 0 atom stereocenters. The first kappa shape index (κ1) is 10.5. The van der Waals surface area contributed by atoms with E-state index < -0.39 is 0 Å². The fraction of sp³-hybridized carbons (Fsp3) is 0.167. The molecule has 3 heteroatoms. The van der Waals surface area contributed by atoms with Crippen molar-refractivity contribution in [2.75, 3.05) is 6.61 Å². The molecule has 15 heavy (non-hydrogen) atoms. The zero-order valence-corrected chi connectivity index (χ0v) is 9.72. The molecule has 1 aromatic heterocycles. The molecule has 0 aliphatic carbocycles. The average Bonchev–Trinajstić information content (AvgIpc) is 2.74. The number of thiophene rings is 1. The highest BCUT2D eigenvalue weighted by Gasteiger charge is 1.99. The van der Waals surface area contributed by atoms with Gasteiger partial charge in [-0.3, -0.25) is 0 Å². The molecule has 0 unspecified atom stereocenters. The number of benzene rings is 1. The number of ether oxygens (including phenoxy) is 1. The lowest BCUT2D eigenvalue weighted by molar-refractivity contribution is 0.323. The van der Waals surface area contributed by atoms with Crippen molar-refractivity contribution in [2.24, 2.45) is 0 Å². The van der Waals surface area contributed by atoms with Crippen LogP contribution in [0.2, 0.25) is 5.02 Å². The Morgan fingerprint density at radius 2 is 2.00 bits per heavy atom. The van der Waals surface area contributed by atoms with Crippen LogP contribution in [0.4, 0.5) is 0 Å². The maximum absolute atomic E-state index is 5.96. The molecule has 0 radical (unpaired) electrons. The van der Waals surface area contributed by atoms with E-state index in [1.165, 1.54) is 4.88 Å². The van der Waals surface area contributed by atoms with Gasteiger partial charge in [-0.2, -0.15) is 0 Å². The number of hydrogen-bond acceptors (Lipinski definition) is 2. The Kier molecular flexibility index (Phi) is 3.64. The fourth-order valence-corrected chi connectivity index (χ4v) is 2.16. The third-order valence-electron chi connectivity index (χ3n) is 2.02. The number of hydrogen-bond donors (Lipinski definition) is 0. The first-order chi connectivity index (χ1) is 7.36. The highest BCUT2D eigenvalue weighted by molar-refractivity contribution is 7.09. The van der Waals surface area contributed by atoms with E-state index in [2.05, 4.69) is 17.5 Å². The summed E-state index contributed by atoms with van der Waals surface area (Å²) >= 11 is 7.71. The first-order valence-corrected chi connectivity index (χ1v) is 6.02. The molecule has 78 valence electrons. The molecule has 0 aliphatic rings. The normalized spacial score (nSPS) is 10.2. The predicted molar refractivity (Wildman–Crippen MR) is 65.0 cm³/mol. The van der Waals surface area contributed by atoms with Gasteiger partial charge in [0.2, 0.25) is 0 Å². The Labute approximate surface area is 98.3 Å². The standard InChI is InChI=1S/C12H11ClOS/c13-11-5-1-2-6-12(11)14-8-7-10-4-3-9-15-10/h1-6,9H,7-8H2. The summed E-state index contributed by atoms with van der Waals surface area (Å²) in [5.74, 6) is 0.760. The summed E-state index contributed by atoms with van der Waals surface area (Å²) in [6, 6.07) is 11.7. The van der Waals surface area contributed by atoms with Gasteiger partial charge in [0, 0.05) is 11.3 Å². The third kappa shape index (κ3) is 2.98. The van der Waals surface area contributed by atoms with E-state index in [0.29, 0.717) is 11.6 Å². The Hall–Kier alpha value is -0.990. The van der Waals surface area contributed by atoms with Crippen LogP contribution in [0.3, 0.4) is 0 Å². The largest absolute Gasteiger partial charge is 0.492 e. The molecule has 0 saturated heterocycles. The molecule has 2 aromatic rings. The van der Waals surface area contributed by atoms with Gasteiger partial charge in [0.05, 0.1) is 11.6 Å². The van der Waals surface area contributed by atoms with Crippen molar-refractivity contribution in [2.45, 2.75) is 6.42 Å². The van der Waals surface area contributed by atoms with E-state index in [1.807, 2.05) is 24.3 Å². The molecule has 0 saturated carbocycles. The summed E-state index contributed by atoms with van der Waals surface area (Å²) in [7, 11) is 0. The second-order valence-electron chi connectivity index (χ2n) is 3.11. The zero-order chi connectivity index (χ0) is 10.5. The summed E-state index contributed by atoms with van der Waals surface area (Å²) in [5.41, 5.74) is 0. The molecule has 1 heterocycles. The van der Waals surface area contributed by atoms with Gasteiger partial charge in [-0.05, 0) is 23.6 Å². The minimum Gasteiger partial charge on any atom is -0.492 e. The Morgan fingerprint density at radius 1 is 1.13 bits per heavy atom. The maximum Gasteiger partial charge on any atom is 0.137 e. The average molecular weight is 239 g/mol. The van der Waals surface area contributed by atoms with Crippen LogP contribution in [0.25, 0.3) is 0 Å². The molecule has 0 fully saturated rings. The molecular formula is C12H11ClOS. The van der Waals surface area contributed by atoms with Crippen molar-refractivity contribution in [3.8, 4) is 5.75 Å². The van der Waals surface area contributed by atoms with Gasteiger partial charge in [-0.15, -0.1) is 11.3 Å². The SMILES string of the molecule is Clc1ccccc1OCCc1cccs1. The van der Waals surface area contributed by atoms with Crippen molar-refractivity contribution in [3.63, 3.8) is 0 Å². The van der Waals surface area contributed by atoms with E-state index in [0.717, 1.165) is 12.2 Å². The van der Waals surface area contributed by atoms with E-state index in [1.54, 1.807) is 11.3 Å². The maximum atomic E-state index is 5.96. The van der Waals surface area contributed by atoms with Crippen molar-refractivity contribution in [3.05, 3.63) is 51.7 Å². The van der Waals surface area contributed by atoms with Gasteiger partial charge < -0.3 is 4.74 Å². The Bertz CT molecular complexity index is 411.